The molecular formula is C12H15Cl2NO3. The highest BCUT2D eigenvalue weighted by Crippen LogP contribution is 2.20. The van der Waals surface area contributed by atoms with E-state index in [0.29, 0.717) is 24.6 Å². The number of ether oxygens (including phenoxy) is 1. The van der Waals surface area contributed by atoms with Gasteiger partial charge in [0.1, 0.15) is 5.75 Å². The molecule has 0 aliphatic heterocycles. The normalized spacial score (nSPS) is 12.2. The molecule has 1 amide bonds. The van der Waals surface area contributed by atoms with Crippen LogP contribution in [0.25, 0.3) is 0 Å². The summed E-state index contributed by atoms with van der Waals surface area (Å²) < 4.78 is 4.88. The van der Waals surface area contributed by atoms with Gasteiger partial charge in [0.05, 0.1) is 22.6 Å². The summed E-state index contributed by atoms with van der Waals surface area (Å²) in [6.07, 6.45) is 0.595. The largest absolute Gasteiger partial charge is 0.508 e. The highest BCUT2D eigenvalue weighted by Gasteiger charge is 2.11. The maximum Gasteiger partial charge on any atom is 0.252 e. The van der Waals surface area contributed by atoms with Gasteiger partial charge < -0.3 is 15.2 Å². The van der Waals surface area contributed by atoms with E-state index in [0.717, 1.165) is 0 Å². The molecule has 1 aromatic rings. The Bertz CT molecular complexity index is 412. The molecule has 0 bridgehead atoms. The molecule has 0 fully saturated rings. The average molecular weight is 292 g/mol. The van der Waals surface area contributed by atoms with E-state index in [2.05, 4.69) is 5.32 Å². The lowest BCUT2D eigenvalue weighted by molar-refractivity contribution is 0.0951. The van der Waals surface area contributed by atoms with E-state index < -0.39 is 0 Å². The number of phenolic OH excluding ortho intramolecular Hbond substituents is 1. The van der Waals surface area contributed by atoms with Crippen molar-refractivity contribution in [2.45, 2.75) is 11.8 Å². The second-order valence-corrected chi connectivity index (χ2v) is 4.79. The van der Waals surface area contributed by atoms with Gasteiger partial charge in [-0.05, 0) is 24.6 Å². The summed E-state index contributed by atoms with van der Waals surface area (Å²) in [6.45, 7) is 0.854. The predicted molar refractivity (Wildman–Crippen MR) is 71.6 cm³/mol. The Labute approximate surface area is 116 Å². The molecule has 0 aliphatic carbocycles. The third-order valence-electron chi connectivity index (χ3n) is 2.29. The van der Waals surface area contributed by atoms with Crippen molar-refractivity contribution in [2.75, 3.05) is 20.3 Å². The Kier molecular flexibility index (Phi) is 6.25. The number of nitrogens with one attached hydrogen (secondary N) is 1. The molecule has 1 aromatic carbocycles. The van der Waals surface area contributed by atoms with E-state index in [1.54, 1.807) is 7.11 Å². The maximum absolute atomic E-state index is 11.8. The first-order valence-corrected chi connectivity index (χ1v) is 6.25. The molecular weight excluding hydrogens is 277 g/mol. The van der Waals surface area contributed by atoms with Crippen LogP contribution >= 0.6 is 23.2 Å². The summed E-state index contributed by atoms with van der Waals surface area (Å²) in [7, 11) is 1.57. The number of rotatable bonds is 6. The SMILES string of the molecule is COCC(Cl)CCNC(=O)c1cc(O)ccc1Cl. The first-order chi connectivity index (χ1) is 8.54. The molecule has 0 radical (unpaired) electrons. The lowest BCUT2D eigenvalue weighted by atomic mass is 10.2. The molecule has 4 nitrogen and oxygen atoms in total. The van der Waals surface area contributed by atoms with E-state index in [1.807, 2.05) is 0 Å². The van der Waals surface area contributed by atoms with Gasteiger partial charge in [-0.2, -0.15) is 0 Å². The molecule has 0 saturated heterocycles. The van der Waals surface area contributed by atoms with E-state index in [9.17, 15) is 9.90 Å². The molecule has 0 saturated carbocycles. The lowest BCUT2D eigenvalue weighted by Crippen LogP contribution is -2.27. The second-order valence-electron chi connectivity index (χ2n) is 3.76. The van der Waals surface area contributed by atoms with Gasteiger partial charge in [0.2, 0.25) is 0 Å². The summed E-state index contributed by atoms with van der Waals surface area (Å²) in [5.41, 5.74) is 0.245. The number of phenols is 1. The highest BCUT2D eigenvalue weighted by molar-refractivity contribution is 6.33. The Morgan fingerprint density at radius 3 is 2.94 bits per heavy atom. The van der Waals surface area contributed by atoms with Crippen LogP contribution in [0.5, 0.6) is 5.75 Å². The van der Waals surface area contributed by atoms with Crippen LogP contribution in [0.3, 0.4) is 0 Å². The molecule has 0 heterocycles. The number of alkyl halides is 1. The second kappa shape index (κ2) is 7.46. The minimum absolute atomic E-state index is 0.000784. The van der Waals surface area contributed by atoms with Gasteiger partial charge in [-0.15, -0.1) is 11.6 Å². The zero-order chi connectivity index (χ0) is 13.5. The number of halogens is 2. The smallest absolute Gasteiger partial charge is 0.252 e. The van der Waals surface area contributed by atoms with Crippen molar-refractivity contribution >= 4 is 29.1 Å². The fraction of sp³-hybridized carbons (Fsp3) is 0.417. The Morgan fingerprint density at radius 2 is 2.28 bits per heavy atom. The number of aromatic hydroxyl groups is 1. The molecule has 18 heavy (non-hydrogen) atoms. The van der Waals surface area contributed by atoms with E-state index in [1.165, 1.54) is 18.2 Å². The minimum atomic E-state index is -0.336. The van der Waals surface area contributed by atoms with Crippen molar-refractivity contribution in [3.8, 4) is 5.75 Å². The van der Waals surface area contributed by atoms with Crippen molar-refractivity contribution in [1.29, 1.82) is 0 Å². The lowest BCUT2D eigenvalue weighted by Gasteiger charge is -2.10. The van der Waals surface area contributed by atoms with Crippen molar-refractivity contribution in [1.82, 2.24) is 5.32 Å². The molecule has 1 unspecified atom stereocenters. The van der Waals surface area contributed by atoms with Crippen LogP contribution < -0.4 is 5.32 Å². The molecule has 0 spiro atoms. The van der Waals surface area contributed by atoms with Crippen LogP contribution in [0.1, 0.15) is 16.8 Å². The minimum Gasteiger partial charge on any atom is -0.508 e. The number of benzene rings is 1. The molecule has 0 aromatic heterocycles. The Morgan fingerprint density at radius 1 is 1.56 bits per heavy atom. The zero-order valence-electron chi connectivity index (χ0n) is 9.95. The average Bonchev–Trinajstić information content (AvgIpc) is 2.32. The van der Waals surface area contributed by atoms with Gasteiger partial charge in [0, 0.05) is 13.7 Å². The van der Waals surface area contributed by atoms with Gasteiger partial charge in [0.15, 0.2) is 0 Å². The fourth-order valence-corrected chi connectivity index (χ4v) is 1.83. The third kappa shape index (κ3) is 4.72. The Hall–Kier alpha value is -0.970. The molecule has 1 atom stereocenters. The van der Waals surface area contributed by atoms with Crippen LogP contribution in [-0.4, -0.2) is 36.7 Å². The van der Waals surface area contributed by atoms with Crippen LogP contribution in [0.4, 0.5) is 0 Å². The molecule has 6 heteroatoms. The standard InChI is InChI=1S/C12H15Cl2NO3/c1-18-7-8(13)4-5-15-12(17)10-6-9(16)2-3-11(10)14/h2-3,6,8,16H,4-5,7H2,1H3,(H,15,17). The first-order valence-electron chi connectivity index (χ1n) is 5.44. The third-order valence-corrected chi connectivity index (χ3v) is 2.96. The molecule has 100 valence electrons. The monoisotopic (exact) mass is 291 g/mol. The maximum atomic E-state index is 11.8. The van der Waals surface area contributed by atoms with Crippen molar-refractivity contribution in [2.24, 2.45) is 0 Å². The van der Waals surface area contributed by atoms with Crippen molar-refractivity contribution in [3.05, 3.63) is 28.8 Å². The molecule has 1 rings (SSSR count). The first kappa shape index (κ1) is 15.1. The summed E-state index contributed by atoms with van der Waals surface area (Å²) in [6, 6.07) is 4.22. The predicted octanol–water partition coefficient (Wildman–Crippen LogP) is 2.42. The van der Waals surface area contributed by atoms with Crippen LogP contribution in [0, 0.1) is 0 Å². The molecule has 0 aliphatic rings. The zero-order valence-corrected chi connectivity index (χ0v) is 11.5. The molecule has 2 N–H and O–H groups in total. The van der Waals surface area contributed by atoms with E-state index >= 15 is 0 Å². The van der Waals surface area contributed by atoms with Crippen LogP contribution in [0.2, 0.25) is 5.02 Å². The number of methoxy groups -OCH3 is 1. The summed E-state index contributed by atoms with van der Waals surface area (Å²) in [4.78, 5) is 11.8. The van der Waals surface area contributed by atoms with Crippen molar-refractivity contribution < 1.29 is 14.6 Å². The number of hydrogen-bond acceptors (Lipinski definition) is 3. The van der Waals surface area contributed by atoms with Crippen molar-refractivity contribution in [3.63, 3.8) is 0 Å². The topological polar surface area (TPSA) is 58.6 Å². The van der Waals surface area contributed by atoms with E-state index in [4.69, 9.17) is 27.9 Å². The van der Waals surface area contributed by atoms with Gasteiger partial charge in [0.25, 0.3) is 5.91 Å². The van der Waals surface area contributed by atoms with Gasteiger partial charge in [-0.25, -0.2) is 0 Å². The van der Waals surface area contributed by atoms with Gasteiger partial charge >= 0.3 is 0 Å². The number of carbonyl (C=O) groups excluding carboxylic acids is 1. The van der Waals surface area contributed by atoms with Gasteiger partial charge in [-0.3, -0.25) is 4.79 Å². The number of hydrogen-bond donors (Lipinski definition) is 2. The summed E-state index contributed by atoms with van der Waals surface area (Å²) >= 11 is 11.8. The number of carbonyl (C=O) groups is 1. The van der Waals surface area contributed by atoms with Gasteiger partial charge in [-0.1, -0.05) is 11.6 Å². The number of amides is 1. The van der Waals surface area contributed by atoms with Crippen LogP contribution in [0.15, 0.2) is 18.2 Å². The summed E-state index contributed by atoms with van der Waals surface area (Å²) in [5.74, 6) is -0.337. The quantitative estimate of drug-likeness (QED) is 0.792. The van der Waals surface area contributed by atoms with Crippen LogP contribution in [-0.2, 0) is 4.74 Å². The van der Waals surface area contributed by atoms with E-state index in [-0.39, 0.29) is 22.6 Å². The highest BCUT2D eigenvalue weighted by atomic mass is 35.5. The summed E-state index contributed by atoms with van der Waals surface area (Å²) in [5, 5.41) is 12.1. The Balaban J connectivity index is 2.48. The fourth-order valence-electron chi connectivity index (χ4n) is 1.39.